The van der Waals surface area contributed by atoms with Crippen molar-refractivity contribution in [3.63, 3.8) is 0 Å². The molecule has 0 radical (unpaired) electrons. The van der Waals surface area contributed by atoms with E-state index in [1.165, 1.54) is 5.39 Å². The third-order valence-electron chi connectivity index (χ3n) is 8.96. The Bertz CT molecular complexity index is 2620. The molecule has 3 heterocycles. The molecule has 0 aliphatic rings. The molecule has 3 aromatic heterocycles. The molecule has 0 saturated heterocycles. The first-order chi connectivity index (χ1) is 22.7. The van der Waals surface area contributed by atoms with Crippen LogP contribution in [0, 0.1) is 0 Å². The van der Waals surface area contributed by atoms with E-state index in [1.54, 1.807) is 0 Å². The fourth-order valence-corrected chi connectivity index (χ4v) is 9.45. The Hall–Kier alpha value is -5.70. The van der Waals surface area contributed by atoms with Crippen LogP contribution in [0.4, 0.5) is 0 Å². The van der Waals surface area contributed by atoms with Gasteiger partial charge in [0.15, 0.2) is 7.14 Å². The van der Waals surface area contributed by atoms with Crippen LogP contribution in [-0.2, 0) is 4.57 Å². The Balaban J connectivity index is 1.42. The van der Waals surface area contributed by atoms with Gasteiger partial charge in [0.25, 0.3) is 0 Å². The summed E-state index contributed by atoms with van der Waals surface area (Å²) in [5.74, 6) is 0. The maximum Gasteiger partial charge on any atom is 0.188 e. The van der Waals surface area contributed by atoms with Gasteiger partial charge in [-0.15, -0.1) is 0 Å². The van der Waals surface area contributed by atoms with Gasteiger partial charge in [0.1, 0.15) is 5.44 Å². The SMILES string of the molecule is O=P(c1ccccc1)(c1ccccc1)c1cccc(-c2nc3c4ccccc4c4ccccc4c3c3c2ccc2ncccc23)n1. The molecule has 0 aliphatic heterocycles. The normalized spacial score (nSPS) is 12.0. The second kappa shape index (κ2) is 10.4. The van der Waals surface area contributed by atoms with Gasteiger partial charge in [-0.2, -0.15) is 0 Å². The van der Waals surface area contributed by atoms with Crippen molar-refractivity contribution in [1.29, 1.82) is 0 Å². The molecule has 0 atom stereocenters. The lowest BCUT2D eigenvalue weighted by Crippen LogP contribution is -2.27. The number of hydrogen-bond acceptors (Lipinski definition) is 4. The molecule has 0 unspecified atom stereocenters. The van der Waals surface area contributed by atoms with E-state index in [0.29, 0.717) is 11.1 Å². The summed E-state index contributed by atoms with van der Waals surface area (Å²) >= 11 is 0. The fourth-order valence-electron chi connectivity index (χ4n) is 6.90. The second-order valence-electron chi connectivity index (χ2n) is 11.5. The molecule has 5 heteroatoms. The van der Waals surface area contributed by atoms with E-state index in [-0.39, 0.29) is 0 Å². The molecule has 0 bridgehead atoms. The first kappa shape index (κ1) is 26.7. The summed E-state index contributed by atoms with van der Waals surface area (Å²) in [6.07, 6.45) is 1.84. The molecular weight excluding hydrogens is 581 g/mol. The maximum absolute atomic E-state index is 15.3. The number of nitrogens with zero attached hydrogens (tertiary/aromatic N) is 3. The minimum Gasteiger partial charge on any atom is -0.307 e. The summed E-state index contributed by atoms with van der Waals surface area (Å²) in [7, 11) is -3.29. The monoisotopic (exact) mass is 607 g/mol. The van der Waals surface area contributed by atoms with Gasteiger partial charge in [-0.25, -0.2) is 9.97 Å². The first-order valence-electron chi connectivity index (χ1n) is 15.3. The highest BCUT2D eigenvalue weighted by molar-refractivity contribution is 7.85. The third-order valence-corrected chi connectivity index (χ3v) is 11.9. The van der Waals surface area contributed by atoms with Crippen molar-refractivity contribution >= 4 is 77.3 Å². The number of pyridine rings is 3. The van der Waals surface area contributed by atoms with E-state index in [9.17, 15) is 0 Å². The van der Waals surface area contributed by atoms with Crippen LogP contribution in [0.1, 0.15) is 0 Å². The lowest BCUT2D eigenvalue weighted by atomic mass is 9.91. The summed E-state index contributed by atoms with van der Waals surface area (Å²) in [4.78, 5) is 15.4. The highest BCUT2D eigenvalue weighted by Crippen LogP contribution is 2.44. The minimum atomic E-state index is -3.29. The molecule has 0 spiro atoms. The second-order valence-corrected chi connectivity index (χ2v) is 14.2. The van der Waals surface area contributed by atoms with Crippen LogP contribution in [0.15, 0.2) is 158 Å². The van der Waals surface area contributed by atoms with Gasteiger partial charge in [-0.1, -0.05) is 121 Å². The van der Waals surface area contributed by atoms with Gasteiger partial charge in [0.05, 0.1) is 22.4 Å². The standard InChI is InChI=1S/C41H26N3OP/c45-46(27-13-3-1-4-14-27,28-15-5-2-6-16-28)37-23-11-22-36(43-37)40-34-24-25-35-33(21-12-26-42-35)38(34)39-31-19-9-7-17-29(31)30-18-8-10-20-32(30)41(39)44-40/h1-26H. The molecule has 0 saturated carbocycles. The topological polar surface area (TPSA) is 55.7 Å². The van der Waals surface area contributed by atoms with Crippen LogP contribution in [-0.4, -0.2) is 15.0 Å². The van der Waals surface area contributed by atoms with Gasteiger partial charge < -0.3 is 4.57 Å². The summed E-state index contributed by atoms with van der Waals surface area (Å²) in [5, 5.41) is 10.3. The summed E-state index contributed by atoms with van der Waals surface area (Å²) < 4.78 is 15.3. The lowest BCUT2D eigenvalue weighted by molar-refractivity contribution is 0.592. The highest BCUT2D eigenvalue weighted by Gasteiger charge is 2.31. The lowest BCUT2D eigenvalue weighted by Gasteiger charge is -2.20. The number of fused-ring (bicyclic) bond motifs is 10. The van der Waals surface area contributed by atoms with Crippen molar-refractivity contribution in [2.45, 2.75) is 0 Å². The van der Waals surface area contributed by atoms with Crippen molar-refractivity contribution in [1.82, 2.24) is 15.0 Å². The fraction of sp³-hybridized carbons (Fsp3) is 0. The van der Waals surface area contributed by atoms with Crippen LogP contribution in [0.2, 0.25) is 0 Å². The molecule has 9 rings (SSSR count). The largest absolute Gasteiger partial charge is 0.307 e. The summed E-state index contributed by atoms with van der Waals surface area (Å²) in [6.45, 7) is 0. The van der Waals surface area contributed by atoms with Crippen LogP contribution in [0.25, 0.3) is 65.5 Å². The summed E-state index contributed by atoms with van der Waals surface area (Å²) in [5.41, 5.74) is 3.79. The third kappa shape index (κ3) is 3.94. The van der Waals surface area contributed by atoms with E-state index >= 15 is 4.57 Å². The predicted molar refractivity (Wildman–Crippen MR) is 192 cm³/mol. The Morgan fingerprint density at radius 2 is 1.04 bits per heavy atom. The van der Waals surface area contributed by atoms with Crippen LogP contribution >= 0.6 is 7.14 Å². The van der Waals surface area contributed by atoms with Crippen molar-refractivity contribution in [2.24, 2.45) is 0 Å². The molecule has 9 aromatic rings. The smallest absolute Gasteiger partial charge is 0.188 e. The number of hydrogen-bond donors (Lipinski definition) is 0. The van der Waals surface area contributed by atoms with Gasteiger partial charge in [0, 0.05) is 43.7 Å². The molecule has 0 N–H and O–H groups in total. The van der Waals surface area contributed by atoms with Crippen molar-refractivity contribution < 1.29 is 4.57 Å². The molecule has 46 heavy (non-hydrogen) atoms. The molecular formula is C41H26N3OP. The van der Waals surface area contributed by atoms with Crippen molar-refractivity contribution in [3.05, 3.63) is 158 Å². The van der Waals surface area contributed by atoms with E-state index < -0.39 is 7.14 Å². The molecule has 0 aliphatic carbocycles. The molecule has 4 nitrogen and oxygen atoms in total. The zero-order valence-electron chi connectivity index (χ0n) is 24.7. The quantitative estimate of drug-likeness (QED) is 0.148. The zero-order valence-corrected chi connectivity index (χ0v) is 25.6. The Morgan fingerprint density at radius 1 is 0.435 bits per heavy atom. The van der Waals surface area contributed by atoms with E-state index in [2.05, 4.69) is 66.7 Å². The van der Waals surface area contributed by atoms with Gasteiger partial charge in [-0.05, 0) is 46.5 Å². The van der Waals surface area contributed by atoms with Crippen LogP contribution in [0.3, 0.4) is 0 Å². The zero-order chi connectivity index (χ0) is 30.7. The predicted octanol–water partition coefficient (Wildman–Crippen LogP) is 8.94. The van der Waals surface area contributed by atoms with Gasteiger partial charge >= 0.3 is 0 Å². The average Bonchev–Trinajstić information content (AvgIpc) is 3.14. The highest BCUT2D eigenvalue weighted by atomic mass is 31.2. The minimum absolute atomic E-state index is 0.531. The maximum atomic E-state index is 15.3. The van der Waals surface area contributed by atoms with Crippen LogP contribution < -0.4 is 16.0 Å². The van der Waals surface area contributed by atoms with Gasteiger partial charge in [0.2, 0.25) is 0 Å². The Morgan fingerprint density at radius 3 is 1.76 bits per heavy atom. The number of aromatic nitrogens is 3. The van der Waals surface area contributed by atoms with Crippen molar-refractivity contribution in [3.8, 4) is 11.4 Å². The molecule has 0 fully saturated rings. The Labute approximate surface area is 265 Å². The molecule has 0 amide bonds. The van der Waals surface area contributed by atoms with Gasteiger partial charge in [-0.3, -0.25) is 4.98 Å². The van der Waals surface area contributed by atoms with Crippen LogP contribution in [0.5, 0.6) is 0 Å². The van der Waals surface area contributed by atoms with E-state index in [4.69, 9.17) is 15.0 Å². The number of benzene rings is 6. The Kier molecular flexibility index (Phi) is 6.06. The van der Waals surface area contributed by atoms with E-state index in [1.807, 2.05) is 91.1 Å². The molecule has 6 aromatic carbocycles. The number of rotatable bonds is 4. The average molecular weight is 608 g/mol. The van der Waals surface area contributed by atoms with E-state index in [0.717, 1.165) is 65.0 Å². The van der Waals surface area contributed by atoms with Crippen molar-refractivity contribution in [2.75, 3.05) is 0 Å². The molecule has 216 valence electrons. The summed E-state index contributed by atoms with van der Waals surface area (Å²) in [6, 6.07) is 50.5. The first-order valence-corrected chi connectivity index (χ1v) is 17.0.